The lowest BCUT2D eigenvalue weighted by Crippen LogP contribution is -2.35. The molecule has 1 aliphatic rings. The Morgan fingerprint density at radius 2 is 1.89 bits per heavy atom. The number of benzene rings is 2. The highest BCUT2D eigenvalue weighted by Gasteiger charge is 2.20. The molecule has 0 radical (unpaired) electrons. The number of anilines is 1. The normalized spacial score (nSPS) is 12.9. The predicted octanol–water partition coefficient (Wildman–Crippen LogP) is 3.25. The average Bonchev–Trinajstić information content (AvgIpc) is 2.71. The molecule has 2 aromatic carbocycles. The number of methoxy groups -OCH3 is 2. The Bertz CT molecular complexity index is 863. The molecule has 1 heterocycles. The summed E-state index contributed by atoms with van der Waals surface area (Å²) in [6.07, 6.45) is 1.34. The summed E-state index contributed by atoms with van der Waals surface area (Å²) < 4.78 is 10.5. The van der Waals surface area contributed by atoms with Gasteiger partial charge in [0.2, 0.25) is 5.91 Å². The van der Waals surface area contributed by atoms with Crippen LogP contribution in [0.3, 0.4) is 0 Å². The van der Waals surface area contributed by atoms with E-state index in [2.05, 4.69) is 5.32 Å². The van der Waals surface area contributed by atoms with Gasteiger partial charge in [0.25, 0.3) is 5.91 Å². The molecule has 1 aliphatic heterocycles. The first-order valence-electron chi connectivity index (χ1n) is 8.98. The third kappa shape index (κ3) is 4.05. The van der Waals surface area contributed by atoms with E-state index in [-0.39, 0.29) is 11.8 Å². The highest BCUT2D eigenvalue weighted by molar-refractivity contribution is 6.06. The number of nitrogens with one attached hydrogen (secondary N) is 1. The van der Waals surface area contributed by atoms with Gasteiger partial charge in [-0.2, -0.15) is 0 Å². The summed E-state index contributed by atoms with van der Waals surface area (Å²) in [5, 5.41) is 2.92. The van der Waals surface area contributed by atoms with Crippen LogP contribution in [-0.4, -0.2) is 37.5 Å². The van der Waals surface area contributed by atoms with Crippen molar-refractivity contribution in [2.24, 2.45) is 0 Å². The van der Waals surface area contributed by atoms with E-state index >= 15 is 0 Å². The van der Waals surface area contributed by atoms with Crippen molar-refractivity contribution in [1.82, 2.24) is 4.90 Å². The van der Waals surface area contributed by atoms with Crippen LogP contribution in [0.15, 0.2) is 36.4 Å². The van der Waals surface area contributed by atoms with Gasteiger partial charge in [0, 0.05) is 31.3 Å². The van der Waals surface area contributed by atoms with Gasteiger partial charge in [-0.05, 0) is 41.8 Å². The Morgan fingerprint density at radius 3 is 2.59 bits per heavy atom. The number of carbonyl (C=O) groups excluding carboxylic acids is 2. The van der Waals surface area contributed by atoms with Gasteiger partial charge in [-0.1, -0.05) is 13.0 Å². The highest BCUT2D eigenvalue weighted by atomic mass is 16.5. The molecule has 6 nitrogen and oxygen atoms in total. The molecule has 1 N–H and O–H groups in total. The van der Waals surface area contributed by atoms with Crippen molar-refractivity contribution in [3.8, 4) is 11.5 Å². The van der Waals surface area contributed by atoms with E-state index in [1.54, 1.807) is 25.3 Å². The van der Waals surface area contributed by atoms with Crippen molar-refractivity contribution in [2.45, 2.75) is 26.3 Å². The van der Waals surface area contributed by atoms with Gasteiger partial charge in [-0.25, -0.2) is 0 Å². The molecule has 2 amide bonds. The molecule has 0 bridgehead atoms. The number of fused-ring (bicyclic) bond motifs is 1. The molecule has 6 heteroatoms. The molecule has 2 aromatic rings. The Labute approximate surface area is 159 Å². The Morgan fingerprint density at radius 1 is 1.07 bits per heavy atom. The number of rotatable bonds is 5. The van der Waals surface area contributed by atoms with Crippen molar-refractivity contribution in [1.29, 1.82) is 0 Å². The molecule has 27 heavy (non-hydrogen) atoms. The molecular weight excluding hydrogens is 344 g/mol. The zero-order valence-corrected chi connectivity index (χ0v) is 15.9. The molecule has 0 spiro atoms. The summed E-state index contributed by atoms with van der Waals surface area (Å²) in [5.41, 5.74) is 3.42. The Kier molecular flexibility index (Phi) is 5.64. The smallest absolute Gasteiger partial charge is 0.259 e. The second-order valence-corrected chi connectivity index (χ2v) is 6.42. The van der Waals surface area contributed by atoms with E-state index in [4.69, 9.17) is 9.47 Å². The lowest BCUT2D eigenvalue weighted by Gasteiger charge is -2.29. The van der Waals surface area contributed by atoms with Crippen LogP contribution in [0.2, 0.25) is 0 Å². The van der Waals surface area contributed by atoms with Gasteiger partial charge in [0.05, 0.1) is 19.8 Å². The largest absolute Gasteiger partial charge is 0.497 e. The van der Waals surface area contributed by atoms with E-state index in [1.807, 2.05) is 30.0 Å². The number of nitrogens with zero attached hydrogens (tertiary/aromatic N) is 1. The molecule has 142 valence electrons. The summed E-state index contributed by atoms with van der Waals surface area (Å²) >= 11 is 0. The van der Waals surface area contributed by atoms with Crippen LogP contribution in [0.1, 0.15) is 34.8 Å². The molecule has 0 aliphatic carbocycles. The molecule has 3 rings (SSSR count). The van der Waals surface area contributed by atoms with E-state index in [0.717, 1.165) is 18.5 Å². The Hall–Kier alpha value is -3.02. The van der Waals surface area contributed by atoms with E-state index in [9.17, 15) is 9.59 Å². The van der Waals surface area contributed by atoms with Gasteiger partial charge < -0.3 is 19.7 Å². The fraction of sp³-hybridized carbons (Fsp3) is 0.333. The van der Waals surface area contributed by atoms with Crippen LogP contribution in [-0.2, 0) is 17.8 Å². The van der Waals surface area contributed by atoms with Crippen molar-refractivity contribution >= 4 is 17.5 Å². The number of amides is 2. The molecule has 0 unspecified atom stereocenters. The Balaban J connectivity index is 1.79. The maximum Gasteiger partial charge on any atom is 0.259 e. The highest BCUT2D eigenvalue weighted by Crippen LogP contribution is 2.27. The van der Waals surface area contributed by atoms with Crippen LogP contribution in [0.5, 0.6) is 11.5 Å². The van der Waals surface area contributed by atoms with E-state index in [0.29, 0.717) is 35.7 Å². The van der Waals surface area contributed by atoms with E-state index < -0.39 is 0 Å². The lowest BCUT2D eigenvalue weighted by atomic mass is 9.98. The standard InChI is InChI=1S/C21H24N2O4/c1-4-20(24)23-10-9-14-5-6-16(11-15(14)13-23)22-21(25)18-8-7-17(26-2)12-19(18)27-3/h5-8,11-12H,4,9-10,13H2,1-3H3,(H,22,25). The number of hydrogen-bond acceptors (Lipinski definition) is 4. The van der Waals surface area contributed by atoms with Crippen molar-refractivity contribution < 1.29 is 19.1 Å². The third-order valence-electron chi connectivity index (χ3n) is 4.78. The summed E-state index contributed by atoms with van der Waals surface area (Å²) in [6.45, 7) is 3.20. The van der Waals surface area contributed by atoms with Gasteiger partial charge in [0.1, 0.15) is 11.5 Å². The van der Waals surface area contributed by atoms with Crippen LogP contribution in [0.4, 0.5) is 5.69 Å². The first-order valence-corrected chi connectivity index (χ1v) is 8.98. The summed E-state index contributed by atoms with van der Waals surface area (Å²) in [5.74, 6) is 0.965. The van der Waals surface area contributed by atoms with Crippen molar-refractivity contribution in [2.75, 3.05) is 26.1 Å². The number of hydrogen-bond donors (Lipinski definition) is 1. The topological polar surface area (TPSA) is 67.9 Å². The fourth-order valence-electron chi connectivity index (χ4n) is 3.26. The first-order chi connectivity index (χ1) is 13.0. The number of ether oxygens (including phenoxy) is 2. The minimum Gasteiger partial charge on any atom is -0.497 e. The summed E-state index contributed by atoms with van der Waals surface area (Å²) in [7, 11) is 3.08. The van der Waals surface area contributed by atoms with Crippen LogP contribution in [0.25, 0.3) is 0 Å². The maximum absolute atomic E-state index is 12.7. The average molecular weight is 368 g/mol. The zero-order chi connectivity index (χ0) is 19.4. The molecule has 0 aromatic heterocycles. The summed E-state index contributed by atoms with van der Waals surface area (Å²) in [4.78, 5) is 26.5. The van der Waals surface area contributed by atoms with Crippen LogP contribution in [0, 0.1) is 0 Å². The van der Waals surface area contributed by atoms with Crippen molar-refractivity contribution in [3.63, 3.8) is 0 Å². The SMILES string of the molecule is CCC(=O)N1CCc2ccc(NC(=O)c3ccc(OC)cc3OC)cc2C1. The predicted molar refractivity (Wildman–Crippen MR) is 103 cm³/mol. The second-order valence-electron chi connectivity index (χ2n) is 6.42. The van der Waals surface area contributed by atoms with Crippen LogP contribution < -0.4 is 14.8 Å². The van der Waals surface area contributed by atoms with Gasteiger partial charge in [-0.3, -0.25) is 9.59 Å². The maximum atomic E-state index is 12.7. The van der Waals surface area contributed by atoms with Gasteiger partial charge in [0.15, 0.2) is 0 Å². The van der Waals surface area contributed by atoms with Gasteiger partial charge >= 0.3 is 0 Å². The minimum atomic E-state index is -0.258. The quantitative estimate of drug-likeness (QED) is 0.880. The lowest BCUT2D eigenvalue weighted by molar-refractivity contribution is -0.131. The monoisotopic (exact) mass is 368 g/mol. The zero-order valence-electron chi connectivity index (χ0n) is 15.9. The first kappa shape index (κ1) is 18.8. The molecule has 0 saturated carbocycles. The minimum absolute atomic E-state index is 0.151. The second kappa shape index (κ2) is 8.12. The van der Waals surface area contributed by atoms with Crippen molar-refractivity contribution in [3.05, 3.63) is 53.1 Å². The third-order valence-corrected chi connectivity index (χ3v) is 4.78. The number of carbonyl (C=O) groups is 2. The van der Waals surface area contributed by atoms with Gasteiger partial charge in [-0.15, -0.1) is 0 Å². The molecule has 0 fully saturated rings. The molecular formula is C21H24N2O4. The summed E-state index contributed by atoms with van der Waals surface area (Å²) in [6, 6.07) is 10.9. The fourth-order valence-corrected chi connectivity index (χ4v) is 3.26. The molecule has 0 atom stereocenters. The molecule has 0 saturated heterocycles. The van der Waals surface area contributed by atoms with E-state index in [1.165, 1.54) is 12.7 Å². The van der Waals surface area contributed by atoms with Crippen LogP contribution >= 0.6 is 0 Å².